The van der Waals surface area contributed by atoms with Crippen LogP contribution in [0.3, 0.4) is 0 Å². The van der Waals surface area contributed by atoms with Gasteiger partial charge in [0.15, 0.2) is 0 Å². The van der Waals surface area contributed by atoms with Crippen molar-refractivity contribution in [2.75, 3.05) is 12.4 Å². The van der Waals surface area contributed by atoms with E-state index in [1.807, 2.05) is 0 Å². The first-order valence-corrected chi connectivity index (χ1v) is 4.76. The quantitative estimate of drug-likeness (QED) is 0.620. The van der Waals surface area contributed by atoms with Crippen LogP contribution in [0.25, 0.3) is 0 Å². The van der Waals surface area contributed by atoms with E-state index in [1.165, 1.54) is 19.2 Å². The summed E-state index contributed by atoms with van der Waals surface area (Å²) in [5.41, 5.74) is 0.649. The smallest absolute Gasteiger partial charge is 0.203 e. The van der Waals surface area contributed by atoms with Gasteiger partial charge in [-0.05, 0) is 25.1 Å². The SMILES string of the molecule is COC(=N)C(C)Nc1ccc(F)c(Cl)c1. The Hall–Kier alpha value is -1.29. The van der Waals surface area contributed by atoms with E-state index in [2.05, 4.69) is 5.32 Å². The molecule has 1 aromatic carbocycles. The van der Waals surface area contributed by atoms with Gasteiger partial charge in [-0.15, -0.1) is 0 Å². The average molecular weight is 231 g/mol. The first-order chi connectivity index (χ1) is 7.04. The lowest BCUT2D eigenvalue weighted by Crippen LogP contribution is -2.26. The maximum Gasteiger partial charge on any atom is 0.203 e. The number of methoxy groups -OCH3 is 1. The minimum absolute atomic E-state index is 0.0520. The van der Waals surface area contributed by atoms with Crippen LogP contribution in [-0.4, -0.2) is 19.0 Å². The monoisotopic (exact) mass is 230 g/mol. The molecule has 2 N–H and O–H groups in total. The number of hydrogen-bond donors (Lipinski definition) is 2. The summed E-state index contributed by atoms with van der Waals surface area (Å²) < 4.78 is 17.6. The van der Waals surface area contributed by atoms with E-state index in [9.17, 15) is 4.39 Å². The predicted octanol–water partition coefficient (Wildman–Crippen LogP) is 2.90. The Morgan fingerprint density at radius 1 is 1.60 bits per heavy atom. The molecule has 1 rings (SSSR count). The van der Waals surface area contributed by atoms with Crippen LogP contribution in [-0.2, 0) is 4.74 Å². The summed E-state index contributed by atoms with van der Waals surface area (Å²) in [7, 11) is 1.43. The summed E-state index contributed by atoms with van der Waals surface area (Å²) in [6.45, 7) is 1.77. The zero-order valence-electron chi connectivity index (χ0n) is 8.47. The largest absolute Gasteiger partial charge is 0.483 e. The minimum Gasteiger partial charge on any atom is -0.483 e. The molecule has 0 aliphatic carbocycles. The number of nitrogens with one attached hydrogen (secondary N) is 2. The molecule has 0 amide bonds. The van der Waals surface area contributed by atoms with Crippen LogP contribution in [0.2, 0.25) is 5.02 Å². The van der Waals surface area contributed by atoms with Crippen molar-refractivity contribution in [3.05, 3.63) is 29.0 Å². The van der Waals surface area contributed by atoms with Crippen molar-refractivity contribution in [1.29, 1.82) is 5.41 Å². The number of anilines is 1. The van der Waals surface area contributed by atoms with Gasteiger partial charge in [-0.3, -0.25) is 5.41 Å². The molecule has 0 aliphatic heterocycles. The molecule has 0 heterocycles. The number of rotatable bonds is 3. The van der Waals surface area contributed by atoms with Crippen molar-refractivity contribution in [1.82, 2.24) is 0 Å². The molecule has 0 radical (unpaired) electrons. The number of hydrogen-bond acceptors (Lipinski definition) is 3. The van der Waals surface area contributed by atoms with Crippen molar-refractivity contribution in [2.45, 2.75) is 13.0 Å². The fourth-order valence-electron chi connectivity index (χ4n) is 1.08. The molecule has 1 atom stereocenters. The second kappa shape index (κ2) is 4.98. The molecule has 1 unspecified atom stereocenters. The number of halogens is 2. The molecule has 3 nitrogen and oxygen atoms in total. The van der Waals surface area contributed by atoms with Gasteiger partial charge in [0.1, 0.15) is 5.82 Å². The van der Waals surface area contributed by atoms with Gasteiger partial charge in [0.2, 0.25) is 5.90 Å². The van der Waals surface area contributed by atoms with Gasteiger partial charge in [-0.2, -0.15) is 0 Å². The topological polar surface area (TPSA) is 45.1 Å². The van der Waals surface area contributed by atoms with Crippen molar-refractivity contribution in [2.24, 2.45) is 0 Å². The zero-order chi connectivity index (χ0) is 11.4. The third-order valence-corrected chi connectivity index (χ3v) is 2.21. The van der Waals surface area contributed by atoms with E-state index >= 15 is 0 Å². The molecule has 0 aliphatic rings. The molecule has 0 fully saturated rings. The van der Waals surface area contributed by atoms with Crippen LogP contribution in [0.1, 0.15) is 6.92 Å². The van der Waals surface area contributed by atoms with Gasteiger partial charge in [0.25, 0.3) is 0 Å². The number of ether oxygens (including phenoxy) is 1. The van der Waals surface area contributed by atoms with Crippen molar-refractivity contribution >= 4 is 23.2 Å². The van der Waals surface area contributed by atoms with E-state index in [0.29, 0.717) is 5.69 Å². The predicted molar refractivity (Wildman–Crippen MR) is 59.2 cm³/mol. The van der Waals surface area contributed by atoms with Crippen LogP contribution in [0.5, 0.6) is 0 Å². The summed E-state index contributed by atoms with van der Waals surface area (Å²) in [5.74, 6) is -0.355. The average Bonchev–Trinajstić information content (AvgIpc) is 2.22. The number of benzene rings is 1. The maximum atomic E-state index is 12.8. The maximum absolute atomic E-state index is 12.8. The van der Waals surface area contributed by atoms with Gasteiger partial charge in [-0.1, -0.05) is 11.6 Å². The highest BCUT2D eigenvalue weighted by Gasteiger charge is 2.09. The summed E-state index contributed by atoms with van der Waals surface area (Å²) in [5, 5.41) is 10.4. The van der Waals surface area contributed by atoms with Gasteiger partial charge < -0.3 is 10.1 Å². The highest BCUT2D eigenvalue weighted by atomic mass is 35.5. The zero-order valence-corrected chi connectivity index (χ0v) is 9.23. The van der Waals surface area contributed by atoms with Crippen molar-refractivity contribution < 1.29 is 9.13 Å². The molecule has 0 saturated heterocycles. The Morgan fingerprint density at radius 2 is 2.27 bits per heavy atom. The highest BCUT2D eigenvalue weighted by molar-refractivity contribution is 6.31. The van der Waals surface area contributed by atoms with E-state index in [0.717, 1.165) is 0 Å². The summed E-state index contributed by atoms with van der Waals surface area (Å²) in [6, 6.07) is 4.02. The van der Waals surface area contributed by atoms with Crippen LogP contribution in [0.4, 0.5) is 10.1 Å². The lowest BCUT2D eigenvalue weighted by atomic mass is 10.2. The third kappa shape index (κ3) is 3.09. The molecule has 0 aromatic heterocycles. The summed E-state index contributed by atoms with van der Waals surface area (Å²) in [6.07, 6.45) is 0. The Bertz CT molecular complexity index is 370. The molecule has 0 saturated carbocycles. The Kier molecular flexibility index (Phi) is 3.91. The van der Waals surface area contributed by atoms with Gasteiger partial charge in [0, 0.05) is 5.69 Å². The molecular weight excluding hydrogens is 219 g/mol. The van der Waals surface area contributed by atoms with Crippen molar-refractivity contribution in [3.63, 3.8) is 0 Å². The highest BCUT2D eigenvalue weighted by Crippen LogP contribution is 2.19. The molecule has 0 spiro atoms. The molecule has 5 heteroatoms. The molecule has 15 heavy (non-hydrogen) atoms. The van der Waals surface area contributed by atoms with Crippen LogP contribution in [0, 0.1) is 11.2 Å². The van der Waals surface area contributed by atoms with Crippen LogP contribution in [0.15, 0.2) is 18.2 Å². The lowest BCUT2D eigenvalue weighted by molar-refractivity contribution is 0.383. The van der Waals surface area contributed by atoms with Crippen LogP contribution < -0.4 is 5.32 Å². The minimum atomic E-state index is -0.461. The van der Waals surface area contributed by atoms with E-state index in [4.69, 9.17) is 21.7 Å². The van der Waals surface area contributed by atoms with Crippen LogP contribution >= 0.6 is 11.6 Å². The molecular formula is C10H12ClFN2O. The first-order valence-electron chi connectivity index (χ1n) is 4.38. The van der Waals surface area contributed by atoms with Gasteiger partial charge >= 0.3 is 0 Å². The van der Waals surface area contributed by atoms with Gasteiger partial charge in [0.05, 0.1) is 18.2 Å². The normalized spacial score (nSPS) is 12.0. The van der Waals surface area contributed by atoms with Crippen molar-refractivity contribution in [3.8, 4) is 0 Å². The van der Waals surface area contributed by atoms with E-state index < -0.39 is 5.82 Å². The lowest BCUT2D eigenvalue weighted by Gasteiger charge is -2.15. The second-order valence-electron chi connectivity index (χ2n) is 3.06. The second-order valence-corrected chi connectivity index (χ2v) is 3.47. The molecule has 0 bridgehead atoms. The first kappa shape index (κ1) is 11.8. The fraction of sp³-hybridized carbons (Fsp3) is 0.300. The third-order valence-electron chi connectivity index (χ3n) is 1.92. The van der Waals surface area contributed by atoms with E-state index in [-0.39, 0.29) is 17.0 Å². The van der Waals surface area contributed by atoms with Gasteiger partial charge in [-0.25, -0.2) is 4.39 Å². The molecule has 1 aromatic rings. The Labute approximate surface area is 92.7 Å². The fourth-order valence-corrected chi connectivity index (χ4v) is 1.26. The Morgan fingerprint density at radius 3 is 2.80 bits per heavy atom. The molecule has 82 valence electrons. The summed E-state index contributed by atoms with van der Waals surface area (Å²) in [4.78, 5) is 0. The summed E-state index contributed by atoms with van der Waals surface area (Å²) >= 11 is 5.61. The standard InChI is InChI=1S/C10H12ClFN2O/c1-6(10(13)15-2)14-7-3-4-9(12)8(11)5-7/h3-6,13-14H,1-2H3. The van der Waals surface area contributed by atoms with E-state index in [1.54, 1.807) is 13.0 Å². The Balaban J connectivity index is 2.73.